The maximum absolute atomic E-state index is 13.2. The first-order valence-electron chi connectivity index (χ1n) is 11.4. The van der Waals surface area contributed by atoms with Gasteiger partial charge in [-0.2, -0.15) is 4.31 Å². The monoisotopic (exact) mass is 495 g/mol. The number of hydrogen-bond donors (Lipinski definition) is 1. The van der Waals surface area contributed by atoms with E-state index in [4.69, 9.17) is 0 Å². The highest BCUT2D eigenvalue weighted by atomic mass is 32.2. The van der Waals surface area contributed by atoms with Crippen molar-refractivity contribution in [2.24, 2.45) is 0 Å². The fourth-order valence-corrected chi connectivity index (χ4v) is 6.61. The van der Waals surface area contributed by atoms with Gasteiger partial charge in [0.15, 0.2) is 0 Å². The maximum atomic E-state index is 13.2. The molecule has 0 saturated carbocycles. The van der Waals surface area contributed by atoms with Gasteiger partial charge >= 0.3 is 0 Å². The molecule has 1 aromatic heterocycles. The minimum atomic E-state index is -3.65. The molecule has 1 N–H and O–H groups in total. The fourth-order valence-electron chi connectivity index (χ4n) is 4.05. The topological polar surface area (TPSA) is 79.4 Å². The van der Waals surface area contributed by atoms with E-state index in [0.29, 0.717) is 17.8 Å². The van der Waals surface area contributed by atoms with Crippen LogP contribution in [0.15, 0.2) is 76.8 Å². The SMILES string of the molecule is Cc1ccc(S(=O)(=O)N2CCCC[C@@H]2C)cc1C(=O)Nc1ccc(SCc2cccnc2)cc1. The number of sulfonamides is 1. The van der Waals surface area contributed by atoms with Gasteiger partial charge in [0, 0.05) is 46.9 Å². The van der Waals surface area contributed by atoms with Gasteiger partial charge in [-0.1, -0.05) is 18.6 Å². The van der Waals surface area contributed by atoms with E-state index in [9.17, 15) is 13.2 Å². The van der Waals surface area contributed by atoms with Crippen LogP contribution >= 0.6 is 11.8 Å². The van der Waals surface area contributed by atoms with Crippen LogP contribution in [0, 0.1) is 6.92 Å². The molecule has 1 saturated heterocycles. The summed E-state index contributed by atoms with van der Waals surface area (Å²) in [4.78, 5) is 18.4. The first-order chi connectivity index (χ1) is 16.3. The van der Waals surface area contributed by atoms with Crippen LogP contribution in [0.3, 0.4) is 0 Å². The van der Waals surface area contributed by atoms with Crippen LogP contribution in [-0.4, -0.2) is 36.2 Å². The van der Waals surface area contributed by atoms with Crippen molar-refractivity contribution in [2.75, 3.05) is 11.9 Å². The number of nitrogens with zero attached hydrogens (tertiary/aromatic N) is 2. The molecule has 8 heteroatoms. The molecule has 0 unspecified atom stereocenters. The number of hydrogen-bond acceptors (Lipinski definition) is 5. The van der Waals surface area contributed by atoms with Crippen LogP contribution in [0.2, 0.25) is 0 Å². The molecule has 2 heterocycles. The molecule has 0 bridgehead atoms. The standard InChI is InChI=1S/C26H29N3O3S2/c1-19-8-13-24(34(31,32)29-15-4-3-6-20(29)2)16-25(19)26(30)28-22-9-11-23(12-10-22)33-18-21-7-5-14-27-17-21/h5,7-14,16-17,20H,3-4,6,15,18H2,1-2H3,(H,28,30)/t20-/m0/s1. The minimum absolute atomic E-state index is 0.0353. The molecule has 0 radical (unpaired) electrons. The average Bonchev–Trinajstić information content (AvgIpc) is 2.84. The maximum Gasteiger partial charge on any atom is 0.255 e. The van der Waals surface area contributed by atoms with Crippen molar-refractivity contribution in [1.82, 2.24) is 9.29 Å². The number of carbonyl (C=O) groups is 1. The van der Waals surface area contributed by atoms with Crippen LogP contribution in [0.1, 0.15) is 47.7 Å². The van der Waals surface area contributed by atoms with Crippen molar-refractivity contribution in [3.63, 3.8) is 0 Å². The van der Waals surface area contributed by atoms with Gasteiger partial charge < -0.3 is 5.32 Å². The minimum Gasteiger partial charge on any atom is -0.322 e. The van der Waals surface area contributed by atoms with E-state index in [2.05, 4.69) is 10.3 Å². The van der Waals surface area contributed by atoms with Gasteiger partial charge in [0.05, 0.1) is 4.90 Å². The number of aryl methyl sites for hydroxylation is 1. The molecule has 1 atom stereocenters. The number of rotatable bonds is 7. The number of pyridine rings is 1. The second-order valence-electron chi connectivity index (χ2n) is 8.57. The molecule has 34 heavy (non-hydrogen) atoms. The van der Waals surface area contributed by atoms with E-state index < -0.39 is 10.0 Å². The third-order valence-corrected chi connectivity index (χ3v) is 9.14. The number of carbonyl (C=O) groups excluding carboxylic acids is 1. The summed E-state index contributed by atoms with van der Waals surface area (Å²) in [6.07, 6.45) is 6.36. The Balaban J connectivity index is 1.45. The Morgan fingerprint density at radius 3 is 2.65 bits per heavy atom. The van der Waals surface area contributed by atoms with Crippen molar-refractivity contribution in [1.29, 1.82) is 0 Å². The molecule has 0 aliphatic carbocycles. The molecule has 3 aromatic rings. The Labute approximate surface area is 205 Å². The zero-order chi connectivity index (χ0) is 24.1. The lowest BCUT2D eigenvalue weighted by Crippen LogP contribution is -2.42. The lowest BCUT2D eigenvalue weighted by molar-refractivity contribution is 0.102. The highest BCUT2D eigenvalue weighted by Crippen LogP contribution is 2.27. The van der Waals surface area contributed by atoms with Gasteiger partial charge in [-0.25, -0.2) is 8.42 Å². The van der Waals surface area contributed by atoms with E-state index in [0.717, 1.165) is 41.0 Å². The van der Waals surface area contributed by atoms with Crippen molar-refractivity contribution >= 4 is 33.4 Å². The average molecular weight is 496 g/mol. The Hall–Kier alpha value is -2.68. The first kappa shape index (κ1) is 24.4. The molecule has 2 aromatic carbocycles. The zero-order valence-corrected chi connectivity index (χ0v) is 21.0. The summed E-state index contributed by atoms with van der Waals surface area (Å²) >= 11 is 1.69. The summed E-state index contributed by atoms with van der Waals surface area (Å²) in [7, 11) is -3.65. The largest absolute Gasteiger partial charge is 0.322 e. The molecule has 0 spiro atoms. The van der Waals surface area contributed by atoms with E-state index in [1.165, 1.54) is 6.07 Å². The normalized spacial score (nSPS) is 16.8. The van der Waals surface area contributed by atoms with Crippen LogP contribution < -0.4 is 5.32 Å². The predicted molar refractivity (Wildman–Crippen MR) is 137 cm³/mol. The molecule has 1 amide bonds. The van der Waals surface area contributed by atoms with Crippen molar-refractivity contribution in [3.05, 3.63) is 83.7 Å². The van der Waals surface area contributed by atoms with Crippen molar-refractivity contribution in [2.45, 2.75) is 54.7 Å². The molecular formula is C26H29N3O3S2. The van der Waals surface area contributed by atoms with Gasteiger partial charge in [0.2, 0.25) is 10.0 Å². The second kappa shape index (κ2) is 10.7. The van der Waals surface area contributed by atoms with E-state index in [1.807, 2.05) is 56.4 Å². The molecule has 1 fully saturated rings. The Morgan fingerprint density at radius 1 is 1.15 bits per heavy atom. The predicted octanol–water partition coefficient (Wildman–Crippen LogP) is 5.50. The molecule has 1 aliphatic rings. The van der Waals surface area contributed by atoms with Gasteiger partial charge in [0.1, 0.15) is 0 Å². The third-order valence-electron chi connectivity index (χ3n) is 6.04. The zero-order valence-electron chi connectivity index (χ0n) is 19.4. The number of amides is 1. The quantitative estimate of drug-likeness (QED) is 0.438. The lowest BCUT2D eigenvalue weighted by atomic mass is 10.1. The van der Waals surface area contributed by atoms with Gasteiger partial charge in [-0.05, 0) is 80.3 Å². The Morgan fingerprint density at radius 2 is 1.94 bits per heavy atom. The third kappa shape index (κ3) is 5.68. The number of nitrogens with one attached hydrogen (secondary N) is 1. The smallest absolute Gasteiger partial charge is 0.255 e. The number of piperidine rings is 1. The summed E-state index contributed by atoms with van der Waals surface area (Å²) < 4.78 is 28.0. The summed E-state index contributed by atoms with van der Waals surface area (Å²) in [6, 6.07) is 16.4. The summed E-state index contributed by atoms with van der Waals surface area (Å²) in [5.41, 5.74) is 2.90. The fraction of sp³-hybridized carbons (Fsp3) is 0.308. The van der Waals surface area contributed by atoms with E-state index in [-0.39, 0.29) is 16.8 Å². The first-order valence-corrected chi connectivity index (χ1v) is 13.8. The molecule has 4 rings (SSSR count). The van der Waals surface area contributed by atoms with E-state index >= 15 is 0 Å². The molecule has 1 aliphatic heterocycles. The second-order valence-corrected chi connectivity index (χ2v) is 11.5. The summed E-state index contributed by atoms with van der Waals surface area (Å²) in [5, 5.41) is 2.90. The van der Waals surface area contributed by atoms with Crippen molar-refractivity contribution in [3.8, 4) is 0 Å². The molecular weight excluding hydrogens is 466 g/mol. The van der Waals surface area contributed by atoms with E-state index in [1.54, 1.807) is 34.4 Å². The number of benzene rings is 2. The van der Waals surface area contributed by atoms with Crippen LogP contribution in [0.4, 0.5) is 5.69 Å². The molecule has 6 nitrogen and oxygen atoms in total. The number of thioether (sulfide) groups is 1. The van der Waals surface area contributed by atoms with Crippen LogP contribution in [-0.2, 0) is 15.8 Å². The highest BCUT2D eigenvalue weighted by molar-refractivity contribution is 7.98. The molecule has 178 valence electrons. The summed E-state index contributed by atoms with van der Waals surface area (Å²) in [5.74, 6) is 0.493. The number of aromatic nitrogens is 1. The highest BCUT2D eigenvalue weighted by Gasteiger charge is 2.31. The van der Waals surface area contributed by atoms with Gasteiger partial charge in [0.25, 0.3) is 5.91 Å². The lowest BCUT2D eigenvalue weighted by Gasteiger charge is -2.32. The van der Waals surface area contributed by atoms with Gasteiger partial charge in [-0.3, -0.25) is 9.78 Å². The summed E-state index contributed by atoms with van der Waals surface area (Å²) in [6.45, 7) is 4.27. The number of anilines is 1. The van der Waals surface area contributed by atoms with Gasteiger partial charge in [-0.15, -0.1) is 11.8 Å². The Bertz CT molecular complexity index is 1250. The van der Waals surface area contributed by atoms with Crippen LogP contribution in [0.25, 0.3) is 0 Å². The Kier molecular flexibility index (Phi) is 7.70. The van der Waals surface area contributed by atoms with Crippen molar-refractivity contribution < 1.29 is 13.2 Å². The van der Waals surface area contributed by atoms with Crippen LogP contribution in [0.5, 0.6) is 0 Å².